The lowest BCUT2D eigenvalue weighted by Crippen LogP contribution is -1.85. The van der Waals surface area contributed by atoms with Gasteiger partial charge < -0.3 is 9.30 Å². The molecule has 5 heteroatoms. The van der Waals surface area contributed by atoms with Crippen molar-refractivity contribution in [1.29, 1.82) is 0 Å². The lowest BCUT2D eigenvalue weighted by molar-refractivity contribution is 0.415. The summed E-state index contributed by atoms with van der Waals surface area (Å²) in [5.41, 5.74) is 4.17. The molecular weight excluding hydrogens is 306 g/mol. The number of hydrogen-bond donors (Lipinski definition) is 0. The van der Waals surface area contributed by atoms with Crippen LogP contribution in [0.3, 0.4) is 0 Å². The second kappa shape index (κ2) is 5.52. The smallest absolute Gasteiger partial charge is 0.140 e. The molecule has 0 amide bonds. The molecule has 23 heavy (non-hydrogen) atoms. The van der Waals surface area contributed by atoms with Gasteiger partial charge >= 0.3 is 0 Å². The number of rotatable bonds is 3. The van der Waals surface area contributed by atoms with E-state index in [1.54, 1.807) is 18.4 Å². The Kier molecular flexibility index (Phi) is 3.35. The van der Waals surface area contributed by atoms with E-state index in [0.29, 0.717) is 0 Å². The highest BCUT2D eigenvalue weighted by atomic mass is 32.1. The molecule has 0 saturated heterocycles. The fourth-order valence-corrected chi connectivity index (χ4v) is 3.51. The van der Waals surface area contributed by atoms with Crippen LogP contribution in [0.5, 0.6) is 5.75 Å². The molecule has 0 aliphatic carbocycles. The van der Waals surface area contributed by atoms with Crippen LogP contribution in [0.25, 0.3) is 32.9 Å². The SMILES string of the molecule is COc1ccc(-c2nc(-c3cn(C)c4ncccc34)cs2)cc1. The molecule has 4 nitrogen and oxygen atoms in total. The maximum Gasteiger partial charge on any atom is 0.140 e. The normalized spacial score (nSPS) is 11.0. The van der Waals surface area contributed by atoms with Gasteiger partial charge in [-0.1, -0.05) is 0 Å². The highest BCUT2D eigenvalue weighted by molar-refractivity contribution is 7.13. The van der Waals surface area contributed by atoms with Gasteiger partial charge in [0.05, 0.1) is 12.8 Å². The monoisotopic (exact) mass is 321 g/mol. The number of aromatic nitrogens is 3. The summed E-state index contributed by atoms with van der Waals surface area (Å²) >= 11 is 1.65. The number of thiazole rings is 1. The first-order chi connectivity index (χ1) is 11.3. The fourth-order valence-electron chi connectivity index (χ4n) is 2.68. The van der Waals surface area contributed by atoms with Crippen LogP contribution in [-0.2, 0) is 7.05 Å². The summed E-state index contributed by atoms with van der Waals surface area (Å²) in [5.74, 6) is 0.852. The van der Waals surface area contributed by atoms with Crippen LogP contribution in [0.4, 0.5) is 0 Å². The van der Waals surface area contributed by atoms with E-state index in [9.17, 15) is 0 Å². The van der Waals surface area contributed by atoms with Crippen LogP contribution in [-0.4, -0.2) is 21.6 Å². The molecule has 0 aliphatic rings. The third-order valence-electron chi connectivity index (χ3n) is 3.85. The number of benzene rings is 1. The second-order valence-electron chi connectivity index (χ2n) is 5.29. The number of methoxy groups -OCH3 is 1. The molecule has 0 aliphatic heterocycles. The van der Waals surface area contributed by atoms with Gasteiger partial charge in [-0.2, -0.15) is 0 Å². The molecule has 3 aromatic heterocycles. The zero-order chi connectivity index (χ0) is 15.8. The Labute approximate surface area is 138 Å². The highest BCUT2D eigenvalue weighted by Gasteiger charge is 2.13. The molecule has 0 radical (unpaired) electrons. The molecule has 0 spiro atoms. The molecule has 0 unspecified atom stereocenters. The number of fused-ring (bicyclic) bond motifs is 1. The van der Waals surface area contributed by atoms with Crippen molar-refractivity contribution >= 4 is 22.4 Å². The van der Waals surface area contributed by atoms with Gasteiger partial charge in [0.2, 0.25) is 0 Å². The van der Waals surface area contributed by atoms with Crippen molar-refractivity contribution in [2.45, 2.75) is 0 Å². The lowest BCUT2D eigenvalue weighted by atomic mass is 10.2. The predicted octanol–water partition coefficient (Wildman–Crippen LogP) is 4.37. The maximum atomic E-state index is 5.20. The van der Waals surface area contributed by atoms with Gasteiger partial charge in [0.1, 0.15) is 16.4 Å². The van der Waals surface area contributed by atoms with Crippen LogP contribution < -0.4 is 4.74 Å². The number of ether oxygens (including phenoxy) is 1. The molecule has 0 fully saturated rings. The van der Waals surface area contributed by atoms with E-state index in [1.807, 2.05) is 48.1 Å². The minimum Gasteiger partial charge on any atom is -0.497 e. The minimum atomic E-state index is 0.852. The summed E-state index contributed by atoms with van der Waals surface area (Å²) in [6.07, 6.45) is 3.90. The van der Waals surface area contributed by atoms with Crippen LogP contribution in [0.15, 0.2) is 54.2 Å². The third kappa shape index (κ3) is 2.39. The summed E-state index contributed by atoms with van der Waals surface area (Å²) in [5, 5.41) is 4.23. The Morgan fingerprint density at radius 2 is 1.96 bits per heavy atom. The first-order valence-corrected chi connectivity index (χ1v) is 8.14. The topological polar surface area (TPSA) is 39.9 Å². The fraction of sp³-hybridized carbons (Fsp3) is 0.111. The van der Waals surface area contributed by atoms with Crippen LogP contribution in [0.1, 0.15) is 0 Å². The van der Waals surface area contributed by atoms with Crippen molar-refractivity contribution in [3.8, 4) is 27.6 Å². The first kappa shape index (κ1) is 14.0. The Hall–Kier alpha value is -2.66. The molecular formula is C18H15N3OS. The molecule has 0 atom stereocenters. The van der Waals surface area contributed by atoms with Gasteiger partial charge in [0.25, 0.3) is 0 Å². The molecule has 0 saturated carbocycles. The molecule has 0 N–H and O–H groups in total. The van der Waals surface area contributed by atoms with Gasteiger partial charge in [0.15, 0.2) is 0 Å². The lowest BCUT2D eigenvalue weighted by Gasteiger charge is -2.00. The third-order valence-corrected chi connectivity index (χ3v) is 4.74. The standard InChI is InChI=1S/C18H15N3OS/c1-21-10-15(14-4-3-9-19-17(14)21)16-11-23-18(20-16)12-5-7-13(22-2)8-6-12/h3-11H,1-2H3. The van der Waals surface area contributed by atoms with E-state index < -0.39 is 0 Å². The van der Waals surface area contributed by atoms with Crippen LogP contribution >= 0.6 is 11.3 Å². The zero-order valence-corrected chi connectivity index (χ0v) is 13.7. The van der Waals surface area contributed by atoms with E-state index in [1.165, 1.54) is 0 Å². The molecule has 3 heterocycles. The molecule has 4 rings (SSSR count). The van der Waals surface area contributed by atoms with Gasteiger partial charge in [-0.3, -0.25) is 0 Å². The van der Waals surface area contributed by atoms with E-state index in [0.717, 1.165) is 38.6 Å². The zero-order valence-electron chi connectivity index (χ0n) is 12.9. The molecule has 4 aromatic rings. The van der Waals surface area contributed by atoms with Crippen LogP contribution in [0.2, 0.25) is 0 Å². The largest absolute Gasteiger partial charge is 0.497 e. The highest BCUT2D eigenvalue weighted by Crippen LogP contribution is 2.33. The minimum absolute atomic E-state index is 0.852. The molecule has 1 aromatic carbocycles. The van der Waals surface area contributed by atoms with Gasteiger partial charge in [0, 0.05) is 41.3 Å². The number of hydrogen-bond acceptors (Lipinski definition) is 4. The van der Waals surface area contributed by atoms with E-state index in [2.05, 4.69) is 22.6 Å². The Bertz CT molecular complexity index is 970. The summed E-state index contributed by atoms with van der Waals surface area (Å²) < 4.78 is 7.24. The Balaban J connectivity index is 1.77. The number of aryl methyl sites for hydroxylation is 1. The van der Waals surface area contributed by atoms with Gasteiger partial charge in [-0.25, -0.2) is 9.97 Å². The van der Waals surface area contributed by atoms with Crippen molar-refractivity contribution in [2.24, 2.45) is 7.05 Å². The molecule has 0 bridgehead atoms. The average Bonchev–Trinajstić information content (AvgIpc) is 3.21. The average molecular weight is 321 g/mol. The summed E-state index contributed by atoms with van der Waals surface area (Å²) in [7, 11) is 3.68. The quantitative estimate of drug-likeness (QED) is 0.562. The van der Waals surface area contributed by atoms with Crippen molar-refractivity contribution in [1.82, 2.24) is 14.5 Å². The van der Waals surface area contributed by atoms with E-state index >= 15 is 0 Å². The number of pyridine rings is 1. The molecule has 114 valence electrons. The summed E-state index contributed by atoms with van der Waals surface area (Å²) in [6, 6.07) is 12.0. The van der Waals surface area contributed by atoms with E-state index in [4.69, 9.17) is 9.72 Å². The second-order valence-corrected chi connectivity index (χ2v) is 6.15. The van der Waals surface area contributed by atoms with Crippen molar-refractivity contribution in [3.05, 3.63) is 54.2 Å². The summed E-state index contributed by atoms with van der Waals surface area (Å²) in [6.45, 7) is 0. The van der Waals surface area contributed by atoms with Gasteiger partial charge in [-0.15, -0.1) is 11.3 Å². The summed E-state index contributed by atoms with van der Waals surface area (Å²) in [4.78, 5) is 9.24. The predicted molar refractivity (Wildman–Crippen MR) is 93.8 cm³/mol. The van der Waals surface area contributed by atoms with E-state index in [-0.39, 0.29) is 0 Å². The van der Waals surface area contributed by atoms with Gasteiger partial charge in [-0.05, 0) is 36.4 Å². The Morgan fingerprint density at radius 3 is 2.74 bits per heavy atom. The van der Waals surface area contributed by atoms with Crippen molar-refractivity contribution in [3.63, 3.8) is 0 Å². The van der Waals surface area contributed by atoms with Crippen molar-refractivity contribution in [2.75, 3.05) is 7.11 Å². The van der Waals surface area contributed by atoms with Crippen LogP contribution in [0, 0.1) is 0 Å². The first-order valence-electron chi connectivity index (χ1n) is 7.26. The Morgan fingerprint density at radius 1 is 1.13 bits per heavy atom. The maximum absolute atomic E-state index is 5.20. The number of nitrogens with zero attached hydrogens (tertiary/aromatic N) is 3. The van der Waals surface area contributed by atoms with Crippen molar-refractivity contribution < 1.29 is 4.74 Å².